The summed E-state index contributed by atoms with van der Waals surface area (Å²) in [6.07, 6.45) is 0. The van der Waals surface area contributed by atoms with Crippen molar-refractivity contribution in [3.05, 3.63) is 23.7 Å². The lowest BCUT2D eigenvalue weighted by molar-refractivity contribution is -0.133. The van der Waals surface area contributed by atoms with Gasteiger partial charge in [0, 0.05) is 20.1 Å². The third-order valence-electron chi connectivity index (χ3n) is 2.82. The van der Waals surface area contributed by atoms with Crippen molar-refractivity contribution in [2.24, 2.45) is 5.73 Å². The first-order chi connectivity index (χ1) is 8.11. The normalized spacial score (nSPS) is 16.5. The van der Waals surface area contributed by atoms with E-state index in [0.717, 1.165) is 0 Å². The van der Waals surface area contributed by atoms with Crippen LogP contribution in [0.4, 0.5) is 0 Å². The average Bonchev–Trinajstić information content (AvgIpc) is 2.80. The molecule has 1 aliphatic heterocycles. The van der Waals surface area contributed by atoms with Crippen molar-refractivity contribution in [1.82, 2.24) is 9.80 Å². The number of rotatable bonds is 2. The lowest BCUT2D eigenvalue weighted by atomic mass is 10.3. The number of nitrogens with zero attached hydrogens (tertiary/aromatic N) is 2. The molecule has 2 rings (SSSR count). The molecular weight excluding hydrogens is 222 g/mol. The van der Waals surface area contributed by atoms with Crippen molar-refractivity contribution in [3.63, 3.8) is 0 Å². The predicted molar refractivity (Wildman–Crippen MR) is 60.1 cm³/mol. The molecule has 0 aromatic carbocycles. The fraction of sp³-hybridized carbons (Fsp3) is 0.455. The highest BCUT2D eigenvalue weighted by molar-refractivity contribution is 5.94. The molecule has 1 saturated heterocycles. The van der Waals surface area contributed by atoms with Crippen molar-refractivity contribution >= 4 is 11.8 Å². The molecule has 2 amide bonds. The van der Waals surface area contributed by atoms with Crippen LogP contribution in [0.2, 0.25) is 0 Å². The van der Waals surface area contributed by atoms with Crippen LogP contribution in [-0.4, -0.2) is 48.3 Å². The molecule has 0 unspecified atom stereocenters. The molecule has 0 radical (unpaired) electrons. The van der Waals surface area contributed by atoms with Crippen molar-refractivity contribution in [2.75, 3.05) is 26.7 Å². The number of hydrogen-bond acceptors (Lipinski definition) is 4. The fourth-order valence-corrected chi connectivity index (χ4v) is 1.69. The van der Waals surface area contributed by atoms with Crippen LogP contribution in [0.5, 0.6) is 0 Å². The molecule has 0 saturated carbocycles. The molecule has 1 aliphatic rings. The number of nitrogens with two attached hydrogens (primary N) is 1. The van der Waals surface area contributed by atoms with Crippen LogP contribution in [0, 0.1) is 0 Å². The molecule has 0 spiro atoms. The van der Waals surface area contributed by atoms with E-state index in [2.05, 4.69) is 0 Å². The number of piperazine rings is 1. The van der Waals surface area contributed by atoms with E-state index in [9.17, 15) is 9.59 Å². The number of carbonyl (C=O) groups excluding carboxylic acids is 2. The van der Waals surface area contributed by atoms with E-state index in [-0.39, 0.29) is 30.7 Å². The van der Waals surface area contributed by atoms with E-state index >= 15 is 0 Å². The minimum Gasteiger partial charge on any atom is -0.455 e. The average molecular weight is 237 g/mol. The Hall–Kier alpha value is -1.82. The Morgan fingerprint density at radius 1 is 1.47 bits per heavy atom. The number of amides is 2. The minimum atomic E-state index is -0.258. The first kappa shape index (κ1) is 11.7. The van der Waals surface area contributed by atoms with Crippen LogP contribution in [0.15, 0.2) is 16.5 Å². The highest BCUT2D eigenvalue weighted by atomic mass is 16.4. The van der Waals surface area contributed by atoms with E-state index in [1.165, 1.54) is 4.90 Å². The summed E-state index contributed by atoms with van der Waals surface area (Å²) < 4.78 is 5.27. The summed E-state index contributed by atoms with van der Waals surface area (Å²) in [6, 6.07) is 3.26. The standard InChI is InChI=1S/C11H15N3O3/c1-13-4-5-14(7-10(13)15)11(16)9-3-2-8(6-12)17-9/h2-3H,4-7,12H2,1H3. The van der Waals surface area contributed by atoms with Gasteiger partial charge in [0.2, 0.25) is 5.91 Å². The molecule has 1 aromatic heterocycles. The Morgan fingerprint density at radius 2 is 2.24 bits per heavy atom. The zero-order valence-corrected chi connectivity index (χ0v) is 9.68. The Labute approximate surface area is 99.0 Å². The second-order valence-electron chi connectivity index (χ2n) is 4.01. The van der Waals surface area contributed by atoms with E-state index in [1.54, 1.807) is 24.1 Å². The topological polar surface area (TPSA) is 79.8 Å². The second-order valence-corrected chi connectivity index (χ2v) is 4.01. The van der Waals surface area contributed by atoms with E-state index in [1.807, 2.05) is 0 Å². The van der Waals surface area contributed by atoms with Gasteiger partial charge in [0.1, 0.15) is 12.3 Å². The third kappa shape index (κ3) is 2.31. The third-order valence-corrected chi connectivity index (χ3v) is 2.82. The number of carbonyl (C=O) groups is 2. The summed E-state index contributed by atoms with van der Waals surface area (Å²) in [5.41, 5.74) is 5.40. The van der Waals surface area contributed by atoms with Gasteiger partial charge in [-0.2, -0.15) is 0 Å². The molecule has 1 aromatic rings. The zero-order valence-electron chi connectivity index (χ0n) is 9.68. The van der Waals surface area contributed by atoms with Gasteiger partial charge in [0.15, 0.2) is 5.76 Å². The molecule has 0 atom stereocenters. The molecule has 17 heavy (non-hydrogen) atoms. The molecule has 2 heterocycles. The Kier molecular flexibility index (Phi) is 3.14. The van der Waals surface area contributed by atoms with Gasteiger partial charge in [-0.3, -0.25) is 9.59 Å². The Balaban J connectivity index is 2.07. The number of furan rings is 1. The summed E-state index contributed by atoms with van der Waals surface area (Å²) in [6.45, 7) is 1.44. The summed E-state index contributed by atoms with van der Waals surface area (Å²) in [5.74, 6) is 0.484. The minimum absolute atomic E-state index is 0.0600. The van der Waals surface area contributed by atoms with Crippen molar-refractivity contribution in [2.45, 2.75) is 6.54 Å². The van der Waals surface area contributed by atoms with Gasteiger partial charge in [-0.05, 0) is 12.1 Å². The SMILES string of the molecule is CN1CCN(C(=O)c2ccc(CN)o2)CC1=O. The van der Waals surface area contributed by atoms with Crippen LogP contribution < -0.4 is 5.73 Å². The highest BCUT2D eigenvalue weighted by Gasteiger charge is 2.27. The molecule has 1 fully saturated rings. The van der Waals surface area contributed by atoms with E-state index in [4.69, 9.17) is 10.2 Å². The molecule has 92 valence electrons. The molecule has 0 aliphatic carbocycles. The Bertz CT molecular complexity index is 441. The number of likely N-dealkylation sites (N-methyl/N-ethyl adjacent to an activating group) is 1. The molecule has 0 bridgehead atoms. The smallest absolute Gasteiger partial charge is 0.290 e. The summed E-state index contributed by atoms with van der Waals surface area (Å²) in [5, 5.41) is 0. The molecule has 6 heteroatoms. The zero-order chi connectivity index (χ0) is 12.4. The van der Waals surface area contributed by atoms with Gasteiger partial charge in [-0.15, -0.1) is 0 Å². The van der Waals surface area contributed by atoms with Gasteiger partial charge < -0.3 is 20.0 Å². The highest BCUT2D eigenvalue weighted by Crippen LogP contribution is 2.12. The largest absolute Gasteiger partial charge is 0.455 e. The lowest BCUT2D eigenvalue weighted by Gasteiger charge is -2.31. The summed E-state index contributed by atoms with van der Waals surface area (Å²) in [4.78, 5) is 26.6. The van der Waals surface area contributed by atoms with Crippen LogP contribution in [0.25, 0.3) is 0 Å². The van der Waals surface area contributed by atoms with Gasteiger partial charge in [-0.25, -0.2) is 0 Å². The Morgan fingerprint density at radius 3 is 2.82 bits per heavy atom. The summed E-state index contributed by atoms with van der Waals surface area (Å²) >= 11 is 0. The van der Waals surface area contributed by atoms with Crippen LogP contribution >= 0.6 is 0 Å². The lowest BCUT2D eigenvalue weighted by Crippen LogP contribution is -2.50. The molecular formula is C11H15N3O3. The predicted octanol–water partition coefficient (Wildman–Crippen LogP) is -0.347. The second kappa shape index (κ2) is 4.58. The first-order valence-electron chi connectivity index (χ1n) is 5.44. The first-order valence-corrected chi connectivity index (χ1v) is 5.44. The van der Waals surface area contributed by atoms with Gasteiger partial charge >= 0.3 is 0 Å². The maximum atomic E-state index is 12.0. The van der Waals surface area contributed by atoms with Gasteiger partial charge in [0.05, 0.1) is 6.54 Å². The molecule has 6 nitrogen and oxygen atoms in total. The van der Waals surface area contributed by atoms with Gasteiger partial charge in [0.25, 0.3) is 5.91 Å². The van der Waals surface area contributed by atoms with Crippen LogP contribution in [0.3, 0.4) is 0 Å². The van der Waals surface area contributed by atoms with Crippen molar-refractivity contribution in [3.8, 4) is 0 Å². The maximum absolute atomic E-state index is 12.0. The van der Waals surface area contributed by atoms with Crippen LogP contribution in [0.1, 0.15) is 16.3 Å². The van der Waals surface area contributed by atoms with Crippen molar-refractivity contribution < 1.29 is 14.0 Å². The van der Waals surface area contributed by atoms with Gasteiger partial charge in [-0.1, -0.05) is 0 Å². The van der Waals surface area contributed by atoms with E-state index in [0.29, 0.717) is 18.8 Å². The maximum Gasteiger partial charge on any atom is 0.290 e. The number of hydrogen-bond donors (Lipinski definition) is 1. The monoisotopic (exact) mass is 237 g/mol. The fourth-order valence-electron chi connectivity index (χ4n) is 1.69. The van der Waals surface area contributed by atoms with Crippen molar-refractivity contribution in [1.29, 1.82) is 0 Å². The van der Waals surface area contributed by atoms with E-state index < -0.39 is 0 Å². The quantitative estimate of drug-likeness (QED) is 0.762. The molecule has 2 N–H and O–H groups in total. The van der Waals surface area contributed by atoms with Crippen LogP contribution in [-0.2, 0) is 11.3 Å². The summed E-state index contributed by atoms with van der Waals surface area (Å²) in [7, 11) is 1.73.